The molecule has 7 nitrogen and oxygen atoms in total. The summed E-state index contributed by atoms with van der Waals surface area (Å²) in [4.78, 5) is 26.4. The van der Waals surface area contributed by atoms with Gasteiger partial charge in [0.15, 0.2) is 5.96 Å². The molecule has 0 bridgehead atoms. The Morgan fingerprint density at radius 3 is 2.77 bits per heavy atom. The van der Waals surface area contributed by atoms with Gasteiger partial charge in [0, 0.05) is 69.9 Å². The Labute approximate surface area is 187 Å². The fourth-order valence-electron chi connectivity index (χ4n) is 5.08. The quantitative estimate of drug-likeness (QED) is 0.556. The van der Waals surface area contributed by atoms with Crippen molar-refractivity contribution in [1.82, 2.24) is 20.0 Å². The van der Waals surface area contributed by atoms with Gasteiger partial charge < -0.3 is 20.0 Å². The topological polar surface area (TPSA) is 54.4 Å². The summed E-state index contributed by atoms with van der Waals surface area (Å²) >= 11 is 0. The van der Waals surface area contributed by atoms with Gasteiger partial charge in [-0.15, -0.1) is 0 Å². The van der Waals surface area contributed by atoms with Crippen molar-refractivity contribution in [2.75, 3.05) is 71.4 Å². The summed E-state index contributed by atoms with van der Waals surface area (Å²) in [7, 11) is 4.41. The Morgan fingerprint density at radius 2 is 2.00 bits per heavy atom. The summed E-state index contributed by atoms with van der Waals surface area (Å²) in [6, 6.07) is 9.16. The molecule has 0 aromatic heterocycles. The van der Waals surface area contributed by atoms with Crippen LogP contribution < -0.4 is 10.2 Å². The van der Waals surface area contributed by atoms with E-state index in [1.165, 1.54) is 11.3 Å². The second kappa shape index (κ2) is 10.0. The Hall–Kier alpha value is -2.12. The molecule has 1 amide bonds. The van der Waals surface area contributed by atoms with E-state index in [0.717, 1.165) is 77.6 Å². The molecule has 2 saturated heterocycles. The van der Waals surface area contributed by atoms with Crippen LogP contribution >= 0.6 is 0 Å². The highest BCUT2D eigenvalue weighted by Gasteiger charge is 2.32. The van der Waals surface area contributed by atoms with Crippen molar-refractivity contribution in [1.29, 1.82) is 0 Å². The van der Waals surface area contributed by atoms with Gasteiger partial charge in [-0.2, -0.15) is 0 Å². The molecule has 3 aliphatic heterocycles. The van der Waals surface area contributed by atoms with Crippen LogP contribution in [0.4, 0.5) is 5.69 Å². The number of fused-ring (bicyclic) bond motifs is 1. The standard InChI is InChI=1S/C24H38N6O/c1-4-25-24(26-16-20-18-27(2)14-15-28(20)3)30-17-19(21-8-5-6-9-22(21)30)11-13-29-12-7-10-23(29)31/h5-6,8-9,19-20H,4,7,10-18H2,1-3H3,(H,25,26). The van der Waals surface area contributed by atoms with E-state index in [2.05, 4.69) is 65.3 Å². The number of piperazine rings is 1. The molecule has 0 saturated carbocycles. The molecule has 3 heterocycles. The number of likely N-dealkylation sites (tertiary alicyclic amines) is 1. The predicted molar refractivity (Wildman–Crippen MR) is 127 cm³/mol. The van der Waals surface area contributed by atoms with Crippen molar-refractivity contribution in [2.24, 2.45) is 4.99 Å². The van der Waals surface area contributed by atoms with E-state index in [0.29, 0.717) is 17.9 Å². The lowest BCUT2D eigenvalue weighted by molar-refractivity contribution is -0.127. The Balaban J connectivity index is 1.48. The molecule has 2 atom stereocenters. The minimum atomic E-state index is 0.319. The number of nitrogens with zero attached hydrogens (tertiary/aromatic N) is 5. The number of amides is 1. The van der Waals surface area contributed by atoms with Crippen LogP contribution in [0.25, 0.3) is 0 Å². The van der Waals surface area contributed by atoms with E-state index in [4.69, 9.17) is 4.99 Å². The first kappa shape index (κ1) is 22.1. The fourth-order valence-corrected chi connectivity index (χ4v) is 5.08. The highest BCUT2D eigenvalue weighted by molar-refractivity contribution is 5.98. The average molecular weight is 427 g/mol. The molecule has 170 valence electrons. The van der Waals surface area contributed by atoms with Crippen LogP contribution in [0, 0.1) is 0 Å². The number of nitrogens with one attached hydrogen (secondary N) is 1. The molecular weight excluding hydrogens is 388 g/mol. The second-order valence-electron chi connectivity index (χ2n) is 9.23. The van der Waals surface area contributed by atoms with Gasteiger partial charge in [0.25, 0.3) is 0 Å². The summed E-state index contributed by atoms with van der Waals surface area (Å²) < 4.78 is 0. The molecule has 31 heavy (non-hydrogen) atoms. The number of para-hydroxylation sites is 1. The van der Waals surface area contributed by atoms with Gasteiger partial charge in [-0.3, -0.25) is 14.7 Å². The molecule has 2 fully saturated rings. The van der Waals surface area contributed by atoms with E-state index in [1.54, 1.807) is 0 Å². The second-order valence-corrected chi connectivity index (χ2v) is 9.23. The number of anilines is 1. The number of hydrogen-bond acceptors (Lipinski definition) is 4. The molecule has 1 aromatic rings. The van der Waals surface area contributed by atoms with Gasteiger partial charge in [-0.1, -0.05) is 18.2 Å². The van der Waals surface area contributed by atoms with Gasteiger partial charge in [-0.05, 0) is 45.5 Å². The first-order valence-electron chi connectivity index (χ1n) is 11.9. The Morgan fingerprint density at radius 1 is 1.16 bits per heavy atom. The minimum Gasteiger partial charge on any atom is -0.356 e. The molecular formula is C24H38N6O. The summed E-state index contributed by atoms with van der Waals surface area (Å²) in [5, 5.41) is 3.54. The monoisotopic (exact) mass is 426 g/mol. The molecule has 1 N–H and O–H groups in total. The van der Waals surface area contributed by atoms with Crippen molar-refractivity contribution in [3.8, 4) is 0 Å². The van der Waals surface area contributed by atoms with E-state index in [1.807, 2.05) is 4.90 Å². The molecule has 2 unspecified atom stereocenters. The van der Waals surface area contributed by atoms with Gasteiger partial charge >= 0.3 is 0 Å². The molecule has 0 spiro atoms. The third-order valence-corrected chi connectivity index (χ3v) is 7.01. The summed E-state index contributed by atoms with van der Waals surface area (Å²) in [6.07, 6.45) is 2.73. The number of carbonyl (C=O) groups excluding carboxylic acids is 1. The summed E-state index contributed by atoms with van der Waals surface area (Å²) in [6.45, 7) is 9.77. The number of likely N-dealkylation sites (N-methyl/N-ethyl adjacent to an activating group) is 2. The smallest absolute Gasteiger partial charge is 0.222 e. The maximum Gasteiger partial charge on any atom is 0.222 e. The molecule has 1 aromatic carbocycles. The van der Waals surface area contributed by atoms with Crippen molar-refractivity contribution < 1.29 is 4.79 Å². The first-order chi connectivity index (χ1) is 15.1. The Bertz CT molecular complexity index is 796. The fraction of sp³-hybridized carbons (Fsp3) is 0.667. The number of rotatable bonds is 6. The molecule has 7 heteroatoms. The predicted octanol–water partition coefficient (Wildman–Crippen LogP) is 1.81. The maximum atomic E-state index is 12.0. The van der Waals surface area contributed by atoms with Crippen molar-refractivity contribution in [3.63, 3.8) is 0 Å². The molecule has 0 aliphatic carbocycles. The minimum absolute atomic E-state index is 0.319. The van der Waals surface area contributed by atoms with Crippen molar-refractivity contribution >= 4 is 17.6 Å². The molecule has 0 radical (unpaired) electrons. The first-order valence-corrected chi connectivity index (χ1v) is 11.9. The highest BCUT2D eigenvalue weighted by Crippen LogP contribution is 2.38. The third kappa shape index (κ3) is 5.04. The zero-order chi connectivity index (χ0) is 21.8. The van der Waals surface area contributed by atoms with Crippen molar-refractivity contribution in [2.45, 2.75) is 38.1 Å². The SMILES string of the molecule is CCNC(=NCC1CN(C)CCN1C)N1CC(CCN2CCCC2=O)c2ccccc21. The third-order valence-electron chi connectivity index (χ3n) is 7.01. The molecule has 4 rings (SSSR count). The molecule has 3 aliphatic rings. The van der Waals surface area contributed by atoms with Gasteiger partial charge in [0.1, 0.15) is 0 Å². The zero-order valence-corrected chi connectivity index (χ0v) is 19.4. The zero-order valence-electron chi connectivity index (χ0n) is 19.4. The van der Waals surface area contributed by atoms with Crippen LogP contribution in [-0.2, 0) is 4.79 Å². The number of benzene rings is 1. The van der Waals surface area contributed by atoms with Crippen LogP contribution in [0.15, 0.2) is 29.3 Å². The van der Waals surface area contributed by atoms with Gasteiger partial charge in [0.05, 0.1) is 6.54 Å². The van der Waals surface area contributed by atoms with Crippen LogP contribution in [-0.4, -0.2) is 99.1 Å². The summed E-state index contributed by atoms with van der Waals surface area (Å²) in [5.74, 6) is 1.73. The largest absolute Gasteiger partial charge is 0.356 e. The highest BCUT2D eigenvalue weighted by atomic mass is 16.2. The van der Waals surface area contributed by atoms with Crippen LogP contribution in [0.1, 0.15) is 37.7 Å². The van der Waals surface area contributed by atoms with Crippen LogP contribution in [0.3, 0.4) is 0 Å². The lowest BCUT2D eigenvalue weighted by atomic mass is 9.98. The van der Waals surface area contributed by atoms with E-state index < -0.39 is 0 Å². The number of guanidine groups is 1. The number of aliphatic imine (C=N–C) groups is 1. The van der Waals surface area contributed by atoms with Crippen molar-refractivity contribution in [3.05, 3.63) is 29.8 Å². The number of carbonyl (C=O) groups is 1. The van der Waals surface area contributed by atoms with Crippen LogP contribution in [0.2, 0.25) is 0 Å². The number of hydrogen-bond donors (Lipinski definition) is 1. The van der Waals surface area contributed by atoms with E-state index in [9.17, 15) is 4.79 Å². The average Bonchev–Trinajstić information content (AvgIpc) is 3.35. The van der Waals surface area contributed by atoms with E-state index >= 15 is 0 Å². The van der Waals surface area contributed by atoms with Crippen LogP contribution in [0.5, 0.6) is 0 Å². The summed E-state index contributed by atoms with van der Waals surface area (Å²) in [5.41, 5.74) is 2.64. The maximum absolute atomic E-state index is 12.0. The van der Waals surface area contributed by atoms with Gasteiger partial charge in [-0.25, -0.2) is 0 Å². The van der Waals surface area contributed by atoms with E-state index in [-0.39, 0.29) is 0 Å². The van der Waals surface area contributed by atoms with Gasteiger partial charge in [0.2, 0.25) is 5.91 Å². The lowest BCUT2D eigenvalue weighted by Gasteiger charge is -2.37. The Kier molecular flexibility index (Phi) is 7.13. The normalized spacial score (nSPS) is 25.4. The lowest BCUT2D eigenvalue weighted by Crippen LogP contribution is -2.52.